The Morgan fingerprint density at radius 3 is 1.82 bits per heavy atom. The molecule has 7 nitrogen and oxygen atoms in total. The maximum absolute atomic E-state index is 6.39. The van der Waals surface area contributed by atoms with Crippen molar-refractivity contribution in [2.75, 3.05) is 0 Å². The summed E-state index contributed by atoms with van der Waals surface area (Å²) in [7, 11) is 0. The summed E-state index contributed by atoms with van der Waals surface area (Å²) < 4.78 is 10.8. The average Bonchev–Trinajstić information content (AvgIpc) is 3.96. The van der Waals surface area contributed by atoms with E-state index in [0.29, 0.717) is 29.0 Å². The van der Waals surface area contributed by atoms with E-state index >= 15 is 0 Å². The first-order chi connectivity index (χ1) is 28.2. The molecule has 0 unspecified atom stereocenters. The molecule has 0 radical (unpaired) electrons. The van der Waals surface area contributed by atoms with Crippen LogP contribution >= 0.6 is 11.3 Å². The maximum Gasteiger partial charge on any atom is 0.238 e. The fraction of sp³-hybridized carbons (Fsp3) is 0. The number of nitrogens with zero attached hydrogens (tertiary/aromatic N) is 6. The van der Waals surface area contributed by atoms with Crippen LogP contribution in [-0.2, 0) is 0 Å². The van der Waals surface area contributed by atoms with Gasteiger partial charge in [0.2, 0.25) is 5.95 Å². The molecule has 0 aliphatic carbocycles. The highest BCUT2D eigenvalue weighted by Crippen LogP contribution is 2.43. The van der Waals surface area contributed by atoms with Crippen LogP contribution < -0.4 is 0 Å². The van der Waals surface area contributed by atoms with Crippen LogP contribution in [-0.4, -0.2) is 29.5 Å². The normalized spacial score (nSPS) is 11.9. The van der Waals surface area contributed by atoms with E-state index in [9.17, 15) is 0 Å². The molecule has 0 saturated heterocycles. The second kappa shape index (κ2) is 12.5. The summed E-state index contributed by atoms with van der Waals surface area (Å²) in [5, 5.41) is 5.57. The van der Waals surface area contributed by atoms with Crippen molar-refractivity contribution in [3.8, 4) is 51.4 Å². The molecular weight excluding hydrogens is 721 g/mol. The Balaban J connectivity index is 1.05. The molecule has 0 aliphatic rings. The summed E-state index contributed by atoms with van der Waals surface area (Å²) in [6.45, 7) is 0. The molecule has 0 fully saturated rings. The third-order valence-electron chi connectivity index (χ3n) is 10.7. The summed E-state index contributed by atoms with van der Waals surface area (Å²) in [5.74, 6) is 2.45. The van der Waals surface area contributed by atoms with Gasteiger partial charge in [0.15, 0.2) is 23.1 Å². The first-order valence-corrected chi connectivity index (χ1v) is 19.6. The van der Waals surface area contributed by atoms with E-state index in [0.717, 1.165) is 86.4 Å². The largest absolute Gasteiger partial charge is 0.452 e. The van der Waals surface area contributed by atoms with E-state index in [1.807, 2.05) is 66.7 Å². The van der Waals surface area contributed by atoms with E-state index in [-0.39, 0.29) is 0 Å². The van der Waals surface area contributed by atoms with Crippen LogP contribution in [0, 0.1) is 0 Å². The zero-order valence-electron chi connectivity index (χ0n) is 30.2. The van der Waals surface area contributed by atoms with Crippen molar-refractivity contribution in [3.05, 3.63) is 170 Å². The van der Waals surface area contributed by atoms with Crippen molar-refractivity contribution in [2.45, 2.75) is 0 Å². The van der Waals surface area contributed by atoms with Gasteiger partial charge in [-0.25, -0.2) is 15.0 Å². The Labute approximate surface area is 329 Å². The molecule has 266 valence electrons. The number of para-hydroxylation sites is 3. The van der Waals surface area contributed by atoms with Crippen LogP contribution in [0.25, 0.3) is 115 Å². The quantitative estimate of drug-likeness (QED) is 0.174. The Morgan fingerprint density at radius 2 is 1.07 bits per heavy atom. The van der Waals surface area contributed by atoms with Crippen molar-refractivity contribution >= 4 is 75.4 Å². The first-order valence-electron chi connectivity index (χ1n) is 18.8. The number of aromatic nitrogens is 6. The molecule has 0 N–H and O–H groups in total. The van der Waals surface area contributed by atoms with Gasteiger partial charge < -0.3 is 4.42 Å². The fourth-order valence-electron chi connectivity index (χ4n) is 8.06. The van der Waals surface area contributed by atoms with Gasteiger partial charge in [-0.3, -0.25) is 4.57 Å². The van der Waals surface area contributed by atoms with Gasteiger partial charge in [-0.05, 0) is 36.4 Å². The van der Waals surface area contributed by atoms with Crippen LogP contribution in [0.2, 0.25) is 0 Å². The van der Waals surface area contributed by atoms with Crippen molar-refractivity contribution in [1.82, 2.24) is 29.5 Å². The third kappa shape index (κ3) is 5.01. The van der Waals surface area contributed by atoms with E-state index in [1.54, 1.807) is 11.3 Å². The van der Waals surface area contributed by atoms with Gasteiger partial charge in [0.25, 0.3) is 0 Å². The second-order valence-corrected chi connectivity index (χ2v) is 15.1. The zero-order chi connectivity index (χ0) is 37.5. The lowest BCUT2D eigenvalue weighted by molar-refractivity contribution is 0.667. The summed E-state index contributed by atoms with van der Waals surface area (Å²) in [5.41, 5.74) is 8.92. The van der Waals surface area contributed by atoms with Gasteiger partial charge in [0, 0.05) is 58.6 Å². The number of hydrogen-bond donors (Lipinski definition) is 0. The van der Waals surface area contributed by atoms with E-state index < -0.39 is 0 Å². The van der Waals surface area contributed by atoms with Crippen molar-refractivity contribution in [2.24, 2.45) is 0 Å². The standard InChI is InChI=1S/C49H28N6OS/c1-3-14-29(15-4-1)42-44-43(36-20-9-12-25-40(36)56-44)51-48(50-42)37-22-13-21-35-34-27-26-31(28-41(34)57-45(35)37)47-52-46(30-16-5-2-6-17-30)53-49(54-47)55-38-23-10-7-18-32(38)33-19-8-11-24-39(33)55/h1-28H. The first kappa shape index (κ1) is 31.8. The summed E-state index contributed by atoms with van der Waals surface area (Å²) in [6.07, 6.45) is 0. The van der Waals surface area contributed by atoms with E-state index in [4.69, 9.17) is 29.3 Å². The zero-order valence-corrected chi connectivity index (χ0v) is 31.0. The number of benzene rings is 7. The minimum Gasteiger partial charge on any atom is -0.452 e. The fourth-order valence-corrected chi connectivity index (χ4v) is 9.32. The second-order valence-electron chi connectivity index (χ2n) is 14.1. The monoisotopic (exact) mass is 748 g/mol. The van der Waals surface area contributed by atoms with Gasteiger partial charge in [0.1, 0.15) is 16.8 Å². The minimum absolute atomic E-state index is 0.573. The number of fused-ring (bicyclic) bond motifs is 9. The minimum atomic E-state index is 0.573. The van der Waals surface area contributed by atoms with Gasteiger partial charge in [-0.15, -0.1) is 11.3 Å². The number of hydrogen-bond acceptors (Lipinski definition) is 7. The lowest BCUT2D eigenvalue weighted by Crippen LogP contribution is -2.06. The SMILES string of the molecule is c1ccc(-c2nc(-c3ccc4c(c3)sc3c(-c5nc(-c6ccccc6)c6oc7ccccc7c6n5)cccc34)nc(-n3c4ccccc4c4ccccc43)n2)cc1. The molecule has 12 aromatic rings. The molecule has 7 aromatic carbocycles. The van der Waals surface area contributed by atoms with Crippen LogP contribution in [0.5, 0.6) is 0 Å². The molecule has 0 saturated carbocycles. The number of thiophene rings is 1. The smallest absolute Gasteiger partial charge is 0.238 e. The molecule has 0 bridgehead atoms. The predicted molar refractivity (Wildman–Crippen MR) is 232 cm³/mol. The molecule has 0 aliphatic heterocycles. The van der Waals surface area contributed by atoms with Crippen molar-refractivity contribution < 1.29 is 4.42 Å². The molecule has 0 amide bonds. The van der Waals surface area contributed by atoms with E-state index in [1.165, 1.54) is 0 Å². The summed E-state index contributed by atoms with van der Waals surface area (Å²) >= 11 is 1.73. The third-order valence-corrected chi connectivity index (χ3v) is 11.9. The lowest BCUT2D eigenvalue weighted by atomic mass is 10.1. The molecule has 0 atom stereocenters. The number of rotatable bonds is 5. The van der Waals surface area contributed by atoms with Crippen LogP contribution in [0.15, 0.2) is 174 Å². The van der Waals surface area contributed by atoms with Crippen LogP contribution in [0.4, 0.5) is 0 Å². The molecule has 12 rings (SSSR count). The highest BCUT2D eigenvalue weighted by Gasteiger charge is 2.22. The topological polar surface area (TPSA) is 82.5 Å². The Kier molecular flexibility index (Phi) is 6.96. The van der Waals surface area contributed by atoms with Gasteiger partial charge in [0.05, 0.1) is 11.0 Å². The molecule has 0 spiro atoms. The highest BCUT2D eigenvalue weighted by molar-refractivity contribution is 7.26. The predicted octanol–water partition coefficient (Wildman–Crippen LogP) is 12.7. The van der Waals surface area contributed by atoms with Crippen molar-refractivity contribution in [1.29, 1.82) is 0 Å². The molecule has 57 heavy (non-hydrogen) atoms. The van der Waals surface area contributed by atoms with Gasteiger partial charge in [-0.1, -0.05) is 133 Å². The summed E-state index contributed by atoms with van der Waals surface area (Å²) in [4.78, 5) is 25.8. The van der Waals surface area contributed by atoms with Crippen LogP contribution in [0.1, 0.15) is 0 Å². The lowest BCUT2D eigenvalue weighted by Gasteiger charge is -2.11. The number of furan rings is 1. The molecule has 5 aromatic heterocycles. The van der Waals surface area contributed by atoms with Gasteiger partial charge >= 0.3 is 0 Å². The molecular formula is C49H28N6OS. The van der Waals surface area contributed by atoms with Crippen molar-refractivity contribution in [3.63, 3.8) is 0 Å². The van der Waals surface area contributed by atoms with Crippen LogP contribution in [0.3, 0.4) is 0 Å². The average molecular weight is 749 g/mol. The summed E-state index contributed by atoms with van der Waals surface area (Å²) in [6, 6.07) is 58.1. The van der Waals surface area contributed by atoms with E-state index in [2.05, 4.69) is 108 Å². The Bertz CT molecular complexity index is 3480. The Hall–Kier alpha value is -7.55. The molecule has 8 heteroatoms. The maximum atomic E-state index is 6.39. The van der Waals surface area contributed by atoms with Gasteiger partial charge in [-0.2, -0.15) is 9.97 Å². The Morgan fingerprint density at radius 1 is 0.439 bits per heavy atom. The highest BCUT2D eigenvalue weighted by atomic mass is 32.1. The molecule has 5 heterocycles.